The molecule has 1 nitrogen and oxygen atoms in total. The molecule has 0 N–H and O–H groups in total. The lowest BCUT2D eigenvalue weighted by Gasteiger charge is -2.02. The van der Waals surface area contributed by atoms with Crippen LogP contribution in [0.4, 0.5) is 0 Å². The molecule has 0 aliphatic carbocycles. The first-order chi connectivity index (χ1) is 13.0. The molecule has 0 spiro atoms. The van der Waals surface area contributed by atoms with Crippen LogP contribution in [-0.4, -0.2) is 5.78 Å². The van der Waals surface area contributed by atoms with Crippen molar-refractivity contribution in [1.29, 1.82) is 0 Å². The summed E-state index contributed by atoms with van der Waals surface area (Å²) in [7, 11) is 0. The van der Waals surface area contributed by atoms with Gasteiger partial charge in [0.25, 0.3) is 0 Å². The van der Waals surface area contributed by atoms with Gasteiger partial charge in [0, 0.05) is 20.5 Å². The van der Waals surface area contributed by atoms with Gasteiger partial charge in [-0.15, -0.1) is 11.3 Å². The number of carbonyl (C=O) groups is 1. The van der Waals surface area contributed by atoms with E-state index in [0.717, 1.165) is 21.4 Å². The first kappa shape index (κ1) is 19.1. The Morgan fingerprint density at radius 1 is 0.741 bits per heavy atom. The minimum atomic E-state index is 0.135. The normalized spacial score (nSPS) is 10.4. The van der Waals surface area contributed by atoms with Crippen LogP contribution in [0.5, 0.6) is 0 Å². The summed E-state index contributed by atoms with van der Waals surface area (Å²) in [6.07, 6.45) is 0. The van der Waals surface area contributed by atoms with Gasteiger partial charge in [0.2, 0.25) is 0 Å². The maximum Gasteiger partial charge on any atom is 0.161 e. The molecule has 0 radical (unpaired) electrons. The maximum atomic E-state index is 12.1. The molecule has 2 heteroatoms. The van der Waals surface area contributed by atoms with Gasteiger partial charge in [0.1, 0.15) is 0 Å². The number of hydrogen-bond acceptors (Lipinski definition) is 2. The molecule has 4 aromatic rings. The van der Waals surface area contributed by atoms with E-state index in [2.05, 4.69) is 75.4 Å². The molecular weight excluding hydrogens is 348 g/mol. The Balaban J connectivity index is 0.000000253. The molecular formula is C25H24OS. The van der Waals surface area contributed by atoms with Crippen molar-refractivity contribution in [3.8, 4) is 10.4 Å². The summed E-state index contributed by atoms with van der Waals surface area (Å²) < 4.78 is 1.19. The Bertz CT molecular complexity index is 1060. The summed E-state index contributed by atoms with van der Waals surface area (Å²) in [5.74, 6) is 0.135. The van der Waals surface area contributed by atoms with Gasteiger partial charge in [-0.1, -0.05) is 77.9 Å². The van der Waals surface area contributed by atoms with Crippen molar-refractivity contribution in [2.24, 2.45) is 0 Å². The summed E-state index contributed by atoms with van der Waals surface area (Å²) >= 11 is 1.70. The Morgan fingerprint density at radius 2 is 1.33 bits per heavy atom. The Morgan fingerprint density at radius 3 is 1.89 bits per heavy atom. The van der Waals surface area contributed by atoms with Crippen LogP contribution in [0.2, 0.25) is 0 Å². The SMILES string of the molecule is CC(=O)c1c(-c2ccc(C)cc2)sc2cc(C)ccc12.Cc1ccccc1. The minimum absolute atomic E-state index is 0.135. The Hall–Kier alpha value is -2.71. The smallest absolute Gasteiger partial charge is 0.161 e. The number of carbonyl (C=O) groups excluding carboxylic acids is 1. The lowest BCUT2D eigenvalue weighted by molar-refractivity contribution is 0.102. The third kappa shape index (κ3) is 4.53. The fourth-order valence-corrected chi connectivity index (χ4v) is 4.35. The highest BCUT2D eigenvalue weighted by atomic mass is 32.1. The number of hydrogen-bond donors (Lipinski definition) is 0. The molecule has 0 unspecified atom stereocenters. The van der Waals surface area contributed by atoms with Gasteiger partial charge in [-0.05, 0) is 44.9 Å². The van der Waals surface area contributed by atoms with Gasteiger partial charge in [-0.3, -0.25) is 4.79 Å². The molecule has 0 aliphatic rings. The molecule has 3 aromatic carbocycles. The second-order valence-electron chi connectivity index (χ2n) is 6.88. The van der Waals surface area contributed by atoms with Crippen LogP contribution in [-0.2, 0) is 0 Å². The van der Waals surface area contributed by atoms with E-state index < -0.39 is 0 Å². The van der Waals surface area contributed by atoms with Gasteiger partial charge >= 0.3 is 0 Å². The van der Waals surface area contributed by atoms with Crippen LogP contribution in [0.1, 0.15) is 34.0 Å². The Labute approximate surface area is 165 Å². The third-order valence-electron chi connectivity index (χ3n) is 4.45. The topological polar surface area (TPSA) is 17.1 Å². The van der Waals surface area contributed by atoms with Crippen molar-refractivity contribution >= 4 is 27.2 Å². The highest BCUT2D eigenvalue weighted by Gasteiger charge is 2.17. The highest BCUT2D eigenvalue weighted by molar-refractivity contribution is 7.22. The molecule has 4 rings (SSSR count). The predicted molar refractivity (Wildman–Crippen MR) is 118 cm³/mol. The number of Topliss-reactive ketones (excluding diaryl/α,β-unsaturated/α-hetero) is 1. The van der Waals surface area contributed by atoms with Gasteiger partial charge < -0.3 is 0 Å². The van der Waals surface area contributed by atoms with Crippen LogP contribution in [0.25, 0.3) is 20.5 Å². The second kappa shape index (κ2) is 8.32. The molecule has 0 fully saturated rings. The van der Waals surface area contributed by atoms with Gasteiger partial charge in [-0.25, -0.2) is 0 Å². The van der Waals surface area contributed by atoms with E-state index >= 15 is 0 Å². The van der Waals surface area contributed by atoms with E-state index in [1.165, 1.54) is 21.4 Å². The predicted octanol–water partition coefficient (Wildman–Crippen LogP) is 7.38. The average molecular weight is 373 g/mol. The standard InChI is InChI=1S/C18H16OS.C7H8/c1-11-4-7-14(8-5-11)18-17(13(3)19)15-9-6-12(2)10-16(15)20-18;1-7-5-3-2-4-6-7/h4-10H,1-3H3;2-6H,1H3. The lowest BCUT2D eigenvalue weighted by atomic mass is 10.0. The van der Waals surface area contributed by atoms with Crippen LogP contribution in [0.3, 0.4) is 0 Å². The fourth-order valence-electron chi connectivity index (χ4n) is 3.00. The lowest BCUT2D eigenvalue weighted by Crippen LogP contribution is -1.92. The number of benzene rings is 3. The number of aryl methyl sites for hydroxylation is 3. The second-order valence-corrected chi connectivity index (χ2v) is 7.93. The summed E-state index contributed by atoms with van der Waals surface area (Å²) in [6, 6.07) is 24.9. The number of fused-ring (bicyclic) bond motifs is 1. The monoisotopic (exact) mass is 372 g/mol. The number of thiophene rings is 1. The summed E-state index contributed by atoms with van der Waals surface area (Å²) in [4.78, 5) is 13.2. The van der Waals surface area contributed by atoms with Crippen molar-refractivity contribution in [3.05, 3.63) is 95.1 Å². The van der Waals surface area contributed by atoms with E-state index in [1.807, 2.05) is 18.2 Å². The number of ketones is 1. The van der Waals surface area contributed by atoms with Gasteiger partial charge in [0.15, 0.2) is 5.78 Å². The quantitative estimate of drug-likeness (QED) is 0.335. The largest absolute Gasteiger partial charge is 0.294 e. The van der Waals surface area contributed by atoms with E-state index in [4.69, 9.17) is 0 Å². The molecule has 0 aliphatic heterocycles. The first-order valence-electron chi connectivity index (χ1n) is 9.08. The zero-order chi connectivity index (χ0) is 19.4. The molecule has 1 heterocycles. The molecule has 0 atom stereocenters. The highest BCUT2D eigenvalue weighted by Crippen LogP contribution is 2.39. The molecule has 0 saturated carbocycles. The molecule has 136 valence electrons. The van der Waals surface area contributed by atoms with Crippen molar-refractivity contribution in [2.75, 3.05) is 0 Å². The molecule has 27 heavy (non-hydrogen) atoms. The van der Waals surface area contributed by atoms with Gasteiger partial charge in [0.05, 0.1) is 0 Å². The van der Waals surface area contributed by atoms with Crippen LogP contribution in [0.15, 0.2) is 72.8 Å². The number of rotatable bonds is 2. The summed E-state index contributed by atoms with van der Waals surface area (Å²) in [5.41, 5.74) is 5.76. The van der Waals surface area contributed by atoms with Crippen molar-refractivity contribution in [2.45, 2.75) is 27.7 Å². The van der Waals surface area contributed by atoms with Crippen molar-refractivity contribution in [1.82, 2.24) is 0 Å². The first-order valence-corrected chi connectivity index (χ1v) is 9.90. The molecule has 1 aromatic heterocycles. The molecule has 0 amide bonds. The van der Waals surface area contributed by atoms with Crippen LogP contribution < -0.4 is 0 Å². The minimum Gasteiger partial charge on any atom is -0.294 e. The zero-order valence-electron chi connectivity index (χ0n) is 16.2. The van der Waals surface area contributed by atoms with Crippen molar-refractivity contribution in [3.63, 3.8) is 0 Å². The van der Waals surface area contributed by atoms with E-state index in [0.29, 0.717) is 0 Å². The van der Waals surface area contributed by atoms with E-state index in [9.17, 15) is 4.79 Å². The summed E-state index contributed by atoms with van der Waals surface area (Å²) in [6.45, 7) is 7.89. The third-order valence-corrected chi connectivity index (χ3v) is 5.65. The molecule has 0 bridgehead atoms. The fraction of sp³-hybridized carbons (Fsp3) is 0.160. The van der Waals surface area contributed by atoms with Gasteiger partial charge in [-0.2, -0.15) is 0 Å². The summed E-state index contributed by atoms with van der Waals surface area (Å²) in [5, 5.41) is 1.07. The maximum absolute atomic E-state index is 12.1. The zero-order valence-corrected chi connectivity index (χ0v) is 17.1. The van der Waals surface area contributed by atoms with Crippen molar-refractivity contribution < 1.29 is 4.79 Å². The van der Waals surface area contributed by atoms with Crippen LogP contribution in [0, 0.1) is 20.8 Å². The van der Waals surface area contributed by atoms with Crippen LogP contribution >= 0.6 is 11.3 Å². The van der Waals surface area contributed by atoms with E-state index in [1.54, 1.807) is 18.3 Å². The average Bonchev–Trinajstić information content (AvgIpc) is 3.02. The van der Waals surface area contributed by atoms with E-state index in [-0.39, 0.29) is 5.78 Å². The molecule has 0 saturated heterocycles. The Kier molecular flexibility index (Phi) is 5.88.